The molecule has 1 aromatic heterocycles. The van der Waals surface area contributed by atoms with Gasteiger partial charge in [0.1, 0.15) is 23.3 Å². The van der Waals surface area contributed by atoms with Crippen molar-refractivity contribution in [1.82, 2.24) is 4.90 Å². The normalized spacial score (nSPS) is 23.5. The van der Waals surface area contributed by atoms with Gasteiger partial charge in [0.2, 0.25) is 0 Å². The second kappa shape index (κ2) is 8.36. The molecule has 2 aliphatic heterocycles. The van der Waals surface area contributed by atoms with Gasteiger partial charge in [-0.15, -0.1) is 0 Å². The molecule has 0 spiro atoms. The van der Waals surface area contributed by atoms with Gasteiger partial charge in [0.15, 0.2) is 0 Å². The number of aliphatic hydroxyl groups is 1. The first-order valence-corrected chi connectivity index (χ1v) is 10.2. The lowest BCUT2D eigenvalue weighted by molar-refractivity contribution is -0.141. The number of amides is 1. The molecule has 0 radical (unpaired) electrons. The Hall–Kier alpha value is -3.06. The predicted octanol–water partition coefficient (Wildman–Crippen LogP) is 3.67. The van der Waals surface area contributed by atoms with Gasteiger partial charge in [-0.25, -0.2) is 0 Å². The molecule has 2 atom stereocenters. The fourth-order valence-electron chi connectivity index (χ4n) is 3.96. The van der Waals surface area contributed by atoms with Gasteiger partial charge < -0.3 is 23.9 Å². The van der Waals surface area contributed by atoms with Crippen LogP contribution in [0.1, 0.15) is 44.1 Å². The Kier molecular flexibility index (Phi) is 5.63. The highest BCUT2D eigenvalue weighted by Crippen LogP contribution is 2.40. The van der Waals surface area contributed by atoms with Gasteiger partial charge in [0.05, 0.1) is 24.0 Å². The first kappa shape index (κ1) is 20.2. The van der Waals surface area contributed by atoms with Crippen LogP contribution in [0.2, 0.25) is 0 Å². The first-order valence-electron chi connectivity index (χ1n) is 10.2. The molecule has 158 valence electrons. The first-order chi connectivity index (χ1) is 14.5. The van der Waals surface area contributed by atoms with Crippen molar-refractivity contribution in [3.63, 3.8) is 0 Å². The summed E-state index contributed by atoms with van der Waals surface area (Å²) < 4.78 is 16.9. The average Bonchev–Trinajstić information content (AvgIpc) is 3.46. The topological polar surface area (TPSA) is 89.2 Å². The third kappa shape index (κ3) is 3.85. The van der Waals surface area contributed by atoms with Crippen LogP contribution in [0, 0.1) is 0 Å². The van der Waals surface area contributed by atoms with E-state index in [1.807, 2.05) is 13.8 Å². The van der Waals surface area contributed by atoms with Gasteiger partial charge >= 0.3 is 0 Å². The molecular weight excluding hydrogens is 386 g/mol. The molecule has 2 saturated heterocycles. The van der Waals surface area contributed by atoms with E-state index in [-0.39, 0.29) is 30.1 Å². The Morgan fingerprint density at radius 2 is 2.10 bits per heavy atom. The van der Waals surface area contributed by atoms with Crippen molar-refractivity contribution < 1.29 is 28.6 Å². The minimum Gasteiger partial charge on any atom is -0.507 e. The zero-order valence-electron chi connectivity index (χ0n) is 17.0. The van der Waals surface area contributed by atoms with Crippen molar-refractivity contribution in [2.75, 3.05) is 13.2 Å². The van der Waals surface area contributed by atoms with E-state index in [4.69, 9.17) is 13.9 Å². The van der Waals surface area contributed by atoms with Gasteiger partial charge in [0.25, 0.3) is 11.7 Å². The van der Waals surface area contributed by atoms with E-state index >= 15 is 0 Å². The highest BCUT2D eigenvalue weighted by molar-refractivity contribution is 6.46. The summed E-state index contributed by atoms with van der Waals surface area (Å²) in [5.41, 5.74) is 0.412. The van der Waals surface area contributed by atoms with Crippen molar-refractivity contribution in [1.29, 1.82) is 0 Å². The summed E-state index contributed by atoms with van der Waals surface area (Å²) in [5.74, 6) is -0.663. The Balaban J connectivity index is 1.76. The number of hydrogen-bond acceptors (Lipinski definition) is 6. The maximum absolute atomic E-state index is 12.9. The van der Waals surface area contributed by atoms with Crippen LogP contribution >= 0.6 is 0 Å². The molecule has 1 N–H and O–H groups in total. The van der Waals surface area contributed by atoms with Crippen molar-refractivity contribution in [2.24, 2.45) is 0 Å². The average molecular weight is 411 g/mol. The number of hydrogen-bond donors (Lipinski definition) is 1. The third-order valence-electron chi connectivity index (χ3n) is 5.26. The number of aliphatic hydroxyl groups excluding tert-OH is 1. The van der Waals surface area contributed by atoms with Crippen molar-refractivity contribution in [2.45, 2.75) is 44.9 Å². The third-order valence-corrected chi connectivity index (χ3v) is 5.26. The van der Waals surface area contributed by atoms with Gasteiger partial charge in [-0.3, -0.25) is 9.59 Å². The summed E-state index contributed by atoms with van der Waals surface area (Å²) in [4.78, 5) is 27.3. The number of Topliss-reactive ketones (excluding diaryl/α,β-unsaturated/α-hetero) is 1. The second-order valence-electron chi connectivity index (χ2n) is 7.80. The molecular formula is C23H25NO6. The quantitative estimate of drug-likeness (QED) is 0.443. The highest BCUT2D eigenvalue weighted by atomic mass is 16.5. The molecule has 1 amide bonds. The SMILES string of the molecule is CC(C)Oc1cccc(/C(O)=C2/C(=O)C(=O)N(CC3CCCO3)C2c2ccco2)c1. The zero-order chi connectivity index (χ0) is 21.3. The number of furan rings is 1. The van der Waals surface area contributed by atoms with E-state index in [2.05, 4.69) is 0 Å². The number of carbonyl (C=O) groups is 2. The van der Waals surface area contributed by atoms with Crippen molar-refractivity contribution in [3.8, 4) is 5.75 Å². The fraction of sp³-hybridized carbons (Fsp3) is 0.391. The molecule has 0 bridgehead atoms. The van der Waals surface area contributed by atoms with E-state index in [1.54, 1.807) is 36.4 Å². The molecule has 0 saturated carbocycles. The predicted molar refractivity (Wildman–Crippen MR) is 109 cm³/mol. The summed E-state index contributed by atoms with van der Waals surface area (Å²) in [6, 6.07) is 9.42. The van der Waals surface area contributed by atoms with Crippen LogP contribution in [0.3, 0.4) is 0 Å². The standard InChI is InChI=1S/C23H25NO6/c1-14(2)30-16-7-3-6-15(12-16)21(25)19-20(18-9-5-11-29-18)24(23(27)22(19)26)13-17-8-4-10-28-17/h3,5-7,9,11-12,14,17,20,25H,4,8,10,13H2,1-2H3/b21-19-. The monoisotopic (exact) mass is 411 g/mol. The van der Waals surface area contributed by atoms with Crippen LogP contribution in [0.15, 0.2) is 52.7 Å². The number of carbonyl (C=O) groups excluding carboxylic acids is 2. The lowest BCUT2D eigenvalue weighted by Crippen LogP contribution is -2.36. The van der Waals surface area contributed by atoms with E-state index < -0.39 is 17.7 Å². The molecule has 3 heterocycles. The summed E-state index contributed by atoms with van der Waals surface area (Å²) in [7, 11) is 0. The molecule has 2 unspecified atom stereocenters. The van der Waals surface area contributed by atoms with E-state index in [9.17, 15) is 14.7 Å². The maximum atomic E-state index is 12.9. The number of rotatable bonds is 6. The number of benzene rings is 1. The number of likely N-dealkylation sites (tertiary alicyclic amines) is 1. The summed E-state index contributed by atoms with van der Waals surface area (Å²) in [6.45, 7) is 4.71. The number of nitrogens with zero attached hydrogens (tertiary/aromatic N) is 1. The lowest BCUT2D eigenvalue weighted by Gasteiger charge is -2.25. The van der Waals surface area contributed by atoms with Crippen molar-refractivity contribution in [3.05, 3.63) is 59.6 Å². The smallest absolute Gasteiger partial charge is 0.295 e. The lowest BCUT2D eigenvalue weighted by atomic mass is 9.99. The molecule has 4 rings (SSSR count). The highest BCUT2D eigenvalue weighted by Gasteiger charge is 2.48. The molecule has 2 fully saturated rings. The number of ether oxygens (including phenoxy) is 2. The summed E-state index contributed by atoms with van der Waals surface area (Å²) in [5, 5.41) is 11.1. The fourth-order valence-corrected chi connectivity index (χ4v) is 3.96. The summed E-state index contributed by atoms with van der Waals surface area (Å²) >= 11 is 0. The Labute approximate surface area is 174 Å². The Morgan fingerprint density at radius 3 is 2.77 bits per heavy atom. The second-order valence-corrected chi connectivity index (χ2v) is 7.80. The molecule has 0 aliphatic carbocycles. The van der Waals surface area contributed by atoms with Crippen LogP contribution in [0.5, 0.6) is 5.75 Å². The molecule has 2 aliphatic rings. The Morgan fingerprint density at radius 1 is 1.27 bits per heavy atom. The van der Waals surface area contributed by atoms with Gasteiger partial charge in [-0.05, 0) is 51.0 Å². The molecule has 2 aromatic rings. The van der Waals surface area contributed by atoms with Gasteiger partial charge in [-0.2, -0.15) is 0 Å². The largest absolute Gasteiger partial charge is 0.507 e. The van der Waals surface area contributed by atoms with Crippen LogP contribution in [-0.4, -0.2) is 47.1 Å². The van der Waals surface area contributed by atoms with Crippen LogP contribution in [-0.2, 0) is 14.3 Å². The van der Waals surface area contributed by atoms with Gasteiger partial charge in [0, 0.05) is 18.7 Å². The summed E-state index contributed by atoms with van der Waals surface area (Å²) in [6.07, 6.45) is 3.05. The van der Waals surface area contributed by atoms with E-state index in [0.29, 0.717) is 23.7 Å². The molecule has 1 aromatic carbocycles. The van der Waals surface area contributed by atoms with Crippen LogP contribution < -0.4 is 4.74 Å². The minimum atomic E-state index is -0.807. The molecule has 7 heteroatoms. The number of ketones is 1. The molecule has 30 heavy (non-hydrogen) atoms. The minimum absolute atomic E-state index is 0.00893. The molecule has 7 nitrogen and oxygen atoms in total. The van der Waals surface area contributed by atoms with Crippen LogP contribution in [0.4, 0.5) is 0 Å². The van der Waals surface area contributed by atoms with E-state index in [0.717, 1.165) is 12.8 Å². The zero-order valence-corrected chi connectivity index (χ0v) is 17.0. The van der Waals surface area contributed by atoms with E-state index in [1.165, 1.54) is 11.2 Å². The maximum Gasteiger partial charge on any atom is 0.295 e. The van der Waals surface area contributed by atoms with Gasteiger partial charge in [-0.1, -0.05) is 12.1 Å². The van der Waals surface area contributed by atoms with Crippen molar-refractivity contribution >= 4 is 17.4 Å². The van der Waals surface area contributed by atoms with Crippen LogP contribution in [0.25, 0.3) is 5.76 Å². The Bertz CT molecular complexity index is 956.